The molecule has 17 atom stereocenters. The highest BCUT2D eigenvalue weighted by Gasteiger charge is 2.54. The molecule has 1 aliphatic carbocycles. The van der Waals surface area contributed by atoms with Crippen molar-refractivity contribution in [2.24, 2.45) is 0 Å². The van der Waals surface area contributed by atoms with Crippen LogP contribution >= 0.6 is 0 Å². The number of aliphatic hydroxyl groups is 10. The highest BCUT2D eigenvalue weighted by molar-refractivity contribution is 5.77. The molecule has 4 fully saturated rings. The average molecular weight is 698 g/mol. The third-order valence-corrected chi connectivity index (χ3v) is 10.5. The van der Waals surface area contributed by atoms with E-state index in [1.54, 1.807) is 12.4 Å². The van der Waals surface area contributed by atoms with Gasteiger partial charge in [0.05, 0.1) is 30.9 Å². The van der Waals surface area contributed by atoms with E-state index in [1.165, 1.54) is 0 Å². The molecule has 5 aliphatic rings. The summed E-state index contributed by atoms with van der Waals surface area (Å²) in [6.45, 7) is -1.16. The van der Waals surface area contributed by atoms with Crippen molar-refractivity contribution in [3.05, 3.63) is 35.7 Å². The number of likely N-dealkylation sites (tertiary alicyclic amines) is 1. The van der Waals surface area contributed by atoms with Gasteiger partial charge >= 0.3 is 0 Å². The molecule has 18 heteroatoms. The Balaban J connectivity index is 1.02. The van der Waals surface area contributed by atoms with E-state index in [2.05, 4.69) is 9.97 Å². The fourth-order valence-electron chi connectivity index (χ4n) is 7.90. The van der Waals surface area contributed by atoms with Gasteiger partial charge in [-0.05, 0) is 41.5 Å². The Morgan fingerprint density at radius 1 is 0.592 bits per heavy atom. The number of nitrogens with zero attached hydrogens (tertiary/aromatic N) is 3. The summed E-state index contributed by atoms with van der Waals surface area (Å²) in [7, 11) is 0. The largest absolute Gasteiger partial charge is 0.394 e. The van der Waals surface area contributed by atoms with Crippen molar-refractivity contribution < 1.29 is 74.7 Å². The SMILES string of the molecule is OC[C@H]1O[C@H](O[C@H]2[C@H](O)[C@@H](O)[C@@H](O[C@H]3[C@H](O)[C@@H](O)C(N4CC5CC(C4)c4cc6nccnc6cc45)O[C@@H]3CO)O[C@@H]2CO)[C@H](O)[C@@H](O)[C@@H]1O. The van der Waals surface area contributed by atoms with Crippen molar-refractivity contribution in [2.45, 2.75) is 110 Å². The second-order valence-electron chi connectivity index (χ2n) is 13.4. The Morgan fingerprint density at radius 2 is 1.06 bits per heavy atom. The van der Waals surface area contributed by atoms with Crippen LogP contribution in [0.5, 0.6) is 0 Å². The number of fused-ring (bicyclic) bond motifs is 6. The Labute approximate surface area is 279 Å². The van der Waals surface area contributed by atoms with Gasteiger partial charge in [-0.1, -0.05) is 0 Å². The van der Waals surface area contributed by atoms with Crippen LogP contribution in [-0.4, -0.2) is 191 Å². The van der Waals surface area contributed by atoms with E-state index in [1.807, 2.05) is 17.0 Å². The normalized spacial score (nSPS) is 45.8. The van der Waals surface area contributed by atoms with Crippen molar-refractivity contribution in [1.29, 1.82) is 0 Å². The summed E-state index contributed by atoms with van der Waals surface area (Å²) >= 11 is 0. The second kappa shape index (κ2) is 14.2. The molecule has 7 rings (SSSR count). The van der Waals surface area contributed by atoms with E-state index in [0.29, 0.717) is 13.1 Å². The van der Waals surface area contributed by atoms with Gasteiger partial charge < -0.3 is 74.7 Å². The highest BCUT2D eigenvalue weighted by atomic mass is 16.7. The molecule has 5 heterocycles. The van der Waals surface area contributed by atoms with Gasteiger partial charge in [0.25, 0.3) is 0 Å². The van der Waals surface area contributed by atoms with Crippen molar-refractivity contribution >= 4 is 11.0 Å². The molecule has 0 radical (unpaired) electrons. The molecule has 0 amide bonds. The first-order valence-corrected chi connectivity index (χ1v) is 16.4. The fraction of sp³-hybridized carbons (Fsp3) is 0.742. The van der Waals surface area contributed by atoms with Crippen molar-refractivity contribution in [3.8, 4) is 0 Å². The number of aromatic nitrogens is 2. The molecule has 3 unspecified atom stereocenters. The van der Waals surface area contributed by atoms with Gasteiger partial charge in [-0.2, -0.15) is 0 Å². The zero-order chi connectivity index (χ0) is 34.7. The smallest absolute Gasteiger partial charge is 0.187 e. The molecule has 49 heavy (non-hydrogen) atoms. The number of rotatable bonds is 8. The minimum atomic E-state index is -1.89. The first-order valence-electron chi connectivity index (χ1n) is 16.4. The van der Waals surface area contributed by atoms with Crippen molar-refractivity contribution in [3.63, 3.8) is 0 Å². The maximum atomic E-state index is 11.3. The number of ether oxygens (including phenoxy) is 5. The summed E-state index contributed by atoms with van der Waals surface area (Å²) in [6, 6.07) is 4.09. The maximum Gasteiger partial charge on any atom is 0.187 e. The van der Waals surface area contributed by atoms with Crippen LogP contribution in [0.4, 0.5) is 0 Å². The molecular formula is C31H43N3O15. The standard InChI is InChI=1S/C31H43N3O15/c35-8-17-20(38)21(39)25(43)30(46-17)49-28-19(10-37)47-31(26(44)23(28)41)48-27-18(9-36)45-29(24(42)22(27)40)34-6-11-3-12(7-34)14-5-16-15(4-13(11)14)32-1-2-33-16/h1-2,4-5,11-12,17-31,35-44H,3,6-10H2/t11?,12?,17-,18-,19-,20-,21+,22-,23-,24-,25-,26-,27-,28-,29?,30-,31-/m1/s1. The van der Waals surface area contributed by atoms with Gasteiger partial charge in [-0.3, -0.25) is 14.9 Å². The summed E-state index contributed by atoms with van der Waals surface area (Å²) in [5.74, 6) is 0.242. The lowest BCUT2D eigenvalue weighted by Gasteiger charge is -2.50. The molecule has 1 aromatic heterocycles. The van der Waals surface area contributed by atoms with Crippen LogP contribution in [-0.2, 0) is 23.7 Å². The lowest BCUT2D eigenvalue weighted by Crippen LogP contribution is -2.68. The van der Waals surface area contributed by atoms with Crippen LogP contribution in [0.25, 0.3) is 11.0 Å². The summed E-state index contributed by atoms with van der Waals surface area (Å²) in [5.41, 5.74) is 3.89. The minimum absolute atomic E-state index is 0.121. The molecular weight excluding hydrogens is 654 g/mol. The topological polar surface area (TPSA) is 277 Å². The molecule has 10 N–H and O–H groups in total. The first kappa shape index (κ1) is 35.3. The van der Waals surface area contributed by atoms with Crippen LogP contribution < -0.4 is 0 Å². The first-order chi connectivity index (χ1) is 23.5. The van der Waals surface area contributed by atoms with Gasteiger partial charge in [-0.25, -0.2) is 0 Å². The van der Waals surface area contributed by atoms with Gasteiger partial charge in [0.15, 0.2) is 12.6 Å². The number of aliphatic hydroxyl groups excluding tert-OH is 10. The van der Waals surface area contributed by atoms with Crippen LogP contribution in [0.15, 0.2) is 24.5 Å². The van der Waals surface area contributed by atoms with E-state index in [0.717, 1.165) is 28.6 Å². The molecule has 4 aliphatic heterocycles. The number of hydrogen-bond donors (Lipinski definition) is 10. The van der Waals surface area contributed by atoms with Gasteiger partial charge in [-0.15, -0.1) is 0 Å². The molecule has 4 saturated heterocycles. The van der Waals surface area contributed by atoms with Crippen LogP contribution in [0.3, 0.4) is 0 Å². The average Bonchev–Trinajstić information content (AvgIpc) is 3.36. The van der Waals surface area contributed by atoms with Crippen LogP contribution in [0, 0.1) is 0 Å². The third kappa shape index (κ3) is 6.26. The Bertz CT molecular complexity index is 1400. The number of benzene rings is 1. The summed E-state index contributed by atoms with van der Waals surface area (Å²) in [5, 5.41) is 105. The second-order valence-corrected chi connectivity index (χ2v) is 13.4. The molecule has 0 spiro atoms. The van der Waals surface area contributed by atoms with Crippen molar-refractivity contribution in [1.82, 2.24) is 14.9 Å². The molecule has 272 valence electrons. The predicted octanol–water partition coefficient (Wildman–Crippen LogP) is -5.04. The van der Waals surface area contributed by atoms with Crippen molar-refractivity contribution in [2.75, 3.05) is 32.9 Å². The Morgan fingerprint density at radius 3 is 1.59 bits per heavy atom. The minimum Gasteiger partial charge on any atom is -0.394 e. The zero-order valence-electron chi connectivity index (χ0n) is 26.2. The molecule has 0 saturated carbocycles. The fourth-order valence-corrected chi connectivity index (χ4v) is 7.90. The number of piperidine rings is 1. The van der Waals surface area contributed by atoms with Gasteiger partial charge in [0.2, 0.25) is 0 Å². The molecule has 2 bridgehead atoms. The quantitative estimate of drug-likeness (QED) is 0.124. The Hall–Kier alpha value is -2.08. The summed E-state index contributed by atoms with van der Waals surface area (Å²) in [6.07, 6.45) is -19.4. The van der Waals surface area contributed by atoms with Gasteiger partial charge in [0.1, 0.15) is 79.5 Å². The number of hydrogen-bond acceptors (Lipinski definition) is 18. The molecule has 2 aromatic rings. The summed E-state index contributed by atoms with van der Waals surface area (Å²) < 4.78 is 28.5. The summed E-state index contributed by atoms with van der Waals surface area (Å²) in [4.78, 5) is 10.8. The van der Waals surface area contributed by atoms with E-state index in [-0.39, 0.29) is 11.8 Å². The lowest BCUT2D eigenvalue weighted by molar-refractivity contribution is -0.375. The van der Waals surface area contributed by atoms with E-state index in [4.69, 9.17) is 23.7 Å². The molecule has 1 aromatic carbocycles. The third-order valence-electron chi connectivity index (χ3n) is 10.5. The lowest BCUT2D eigenvalue weighted by atomic mass is 9.92. The molecule has 18 nitrogen and oxygen atoms in total. The Kier molecular flexibility index (Phi) is 10.2. The highest BCUT2D eigenvalue weighted by Crippen LogP contribution is 2.48. The monoisotopic (exact) mass is 697 g/mol. The predicted molar refractivity (Wildman–Crippen MR) is 160 cm³/mol. The zero-order valence-corrected chi connectivity index (χ0v) is 26.2. The van der Waals surface area contributed by atoms with E-state index >= 15 is 0 Å². The van der Waals surface area contributed by atoms with E-state index < -0.39 is 112 Å². The van der Waals surface area contributed by atoms with Crippen LogP contribution in [0.2, 0.25) is 0 Å². The maximum absolute atomic E-state index is 11.3. The van der Waals surface area contributed by atoms with Crippen LogP contribution in [0.1, 0.15) is 29.4 Å². The van der Waals surface area contributed by atoms with E-state index in [9.17, 15) is 51.1 Å². The van der Waals surface area contributed by atoms with Gasteiger partial charge in [0, 0.05) is 25.5 Å².